The molecule has 3 N–H and O–H groups in total. The molecule has 6 heteroatoms. The number of nitrogens with two attached hydrogens (primary N) is 1. The number of nitrogens with one attached hydrogen (secondary N) is 1. The van der Waals surface area contributed by atoms with Crippen LogP contribution in [0.1, 0.15) is 23.7 Å². The Morgan fingerprint density at radius 1 is 1.12 bits per heavy atom. The summed E-state index contributed by atoms with van der Waals surface area (Å²) in [4.78, 5) is 17.5. The smallest absolute Gasteiger partial charge is 0.261 e. The van der Waals surface area contributed by atoms with Crippen molar-refractivity contribution >= 4 is 22.4 Å². The van der Waals surface area contributed by atoms with E-state index in [1.54, 1.807) is 0 Å². The number of aromatic nitrogens is 1. The highest BCUT2D eigenvalue weighted by Gasteiger charge is 2.42. The zero-order valence-electron chi connectivity index (χ0n) is 14.5. The normalized spacial score (nSPS) is 11.3. The standard InChI is InChI=1S/C20H21N3O2S/c1-2-25-20(15-9-5-3-6-10-15,16-11-7-4-8-12-16)18(24)22-13-17-14-26-19(21)23-17/h3-12,14H,2,13H2,1H3,(H2,21,23)(H,22,24). The minimum absolute atomic E-state index is 0.233. The van der Waals surface area contributed by atoms with E-state index in [1.807, 2.05) is 73.0 Å². The molecule has 1 heterocycles. The zero-order chi connectivity index (χ0) is 18.4. The summed E-state index contributed by atoms with van der Waals surface area (Å²) in [5.41, 5.74) is 6.74. The summed E-state index contributed by atoms with van der Waals surface area (Å²) < 4.78 is 6.10. The molecule has 0 unspecified atom stereocenters. The van der Waals surface area contributed by atoms with Crippen LogP contribution in [0, 0.1) is 0 Å². The number of ether oxygens (including phenoxy) is 1. The van der Waals surface area contributed by atoms with Gasteiger partial charge in [0.15, 0.2) is 10.7 Å². The number of carbonyl (C=O) groups is 1. The van der Waals surface area contributed by atoms with E-state index in [4.69, 9.17) is 10.5 Å². The maximum absolute atomic E-state index is 13.3. The lowest BCUT2D eigenvalue weighted by Crippen LogP contribution is -2.47. The number of thiazole rings is 1. The van der Waals surface area contributed by atoms with Gasteiger partial charge in [0.1, 0.15) is 0 Å². The van der Waals surface area contributed by atoms with E-state index in [2.05, 4.69) is 10.3 Å². The Hall–Kier alpha value is -2.70. The molecule has 0 atom stereocenters. The molecule has 0 bridgehead atoms. The first kappa shape index (κ1) is 18.1. The molecule has 0 radical (unpaired) electrons. The van der Waals surface area contributed by atoms with E-state index in [0.717, 1.165) is 16.8 Å². The Balaban J connectivity index is 1.99. The van der Waals surface area contributed by atoms with Crippen molar-refractivity contribution in [1.29, 1.82) is 0 Å². The van der Waals surface area contributed by atoms with Gasteiger partial charge in [0, 0.05) is 12.0 Å². The molecule has 26 heavy (non-hydrogen) atoms. The number of hydrogen-bond acceptors (Lipinski definition) is 5. The number of benzene rings is 2. The molecule has 0 saturated carbocycles. The molecule has 5 nitrogen and oxygen atoms in total. The summed E-state index contributed by atoms with van der Waals surface area (Å²) in [6.07, 6.45) is 0. The SMILES string of the molecule is CCOC(C(=O)NCc1csc(N)n1)(c1ccccc1)c1ccccc1. The van der Waals surface area contributed by atoms with Crippen molar-refractivity contribution in [2.24, 2.45) is 0 Å². The first-order chi connectivity index (χ1) is 12.7. The summed E-state index contributed by atoms with van der Waals surface area (Å²) in [5, 5.41) is 5.28. The van der Waals surface area contributed by atoms with Crippen molar-refractivity contribution in [1.82, 2.24) is 10.3 Å². The number of rotatable bonds is 7. The van der Waals surface area contributed by atoms with Gasteiger partial charge >= 0.3 is 0 Å². The Morgan fingerprint density at radius 3 is 2.15 bits per heavy atom. The van der Waals surface area contributed by atoms with E-state index in [-0.39, 0.29) is 5.91 Å². The van der Waals surface area contributed by atoms with Gasteiger partial charge in [-0.2, -0.15) is 0 Å². The van der Waals surface area contributed by atoms with Crippen molar-refractivity contribution < 1.29 is 9.53 Å². The van der Waals surface area contributed by atoms with E-state index >= 15 is 0 Å². The molecule has 0 spiro atoms. The van der Waals surface area contributed by atoms with Crippen LogP contribution in [0.3, 0.4) is 0 Å². The van der Waals surface area contributed by atoms with Crippen LogP contribution in [-0.4, -0.2) is 17.5 Å². The second-order valence-corrected chi connectivity index (χ2v) is 6.60. The minimum Gasteiger partial charge on any atom is -0.375 e. The van der Waals surface area contributed by atoms with E-state index in [9.17, 15) is 4.79 Å². The molecule has 0 aliphatic carbocycles. The van der Waals surface area contributed by atoms with Crippen LogP contribution in [0.2, 0.25) is 0 Å². The molecule has 1 amide bonds. The quantitative estimate of drug-likeness (QED) is 0.671. The highest BCUT2D eigenvalue weighted by molar-refractivity contribution is 7.13. The van der Waals surface area contributed by atoms with Crippen LogP contribution in [0.15, 0.2) is 66.0 Å². The lowest BCUT2D eigenvalue weighted by Gasteiger charge is -2.33. The molecule has 2 aromatic carbocycles. The number of amides is 1. The predicted molar refractivity (Wildman–Crippen MR) is 104 cm³/mol. The van der Waals surface area contributed by atoms with Gasteiger partial charge in [0.25, 0.3) is 5.91 Å². The second kappa shape index (κ2) is 8.12. The Labute approximate surface area is 156 Å². The second-order valence-electron chi connectivity index (χ2n) is 5.71. The predicted octanol–water partition coefficient (Wildman–Crippen LogP) is 3.32. The van der Waals surface area contributed by atoms with Crippen molar-refractivity contribution in [3.8, 4) is 0 Å². The van der Waals surface area contributed by atoms with Crippen LogP contribution >= 0.6 is 11.3 Å². The fourth-order valence-electron chi connectivity index (χ4n) is 2.92. The maximum atomic E-state index is 13.3. The number of anilines is 1. The summed E-state index contributed by atoms with van der Waals surface area (Å²) in [6, 6.07) is 19.1. The monoisotopic (exact) mass is 367 g/mol. The van der Waals surface area contributed by atoms with Crippen LogP contribution < -0.4 is 11.1 Å². The third-order valence-corrected chi connectivity index (χ3v) is 4.76. The number of nitrogens with zero attached hydrogens (tertiary/aromatic N) is 1. The third kappa shape index (κ3) is 3.61. The van der Waals surface area contributed by atoms with Gasteiger partial charge in [-0.3, -0.25) is 4.79 Å². The zero-order valence-corrected chi connectivity index (χ0v) is 15.3. The molecule has 0 aliphatic rings. The fraction of sp³-hybridized carbons (Fsp3) is 0.200. The molecular weight excluding hydrogens is 346 g/mol. The van der Waals surface area contributed by atoms with Gasteiger partial charge in [-0.25, -0.2) is 4.98 Å². The van der Waals surface area contributed by atoms with Crippen LogP contribution in [0.4, 0.5) is 5.13 Å². The van der Waals surface area contributed by atoms with E-state index in [1.165, 1.54) is 11.3 Å². The summed E-state index contributed by atoms with van der Waals surface area (Å²) in [7, 11) is 0. The molecule has 0 aliphatic heterocycles. The number of hydrogen-bond donors (Lipinski definition) is 2. The molecule has 0 fully saturated rings. The van der Waals surface area contributed by atoms with Crippen LogP contribution in [0.25, 0.3) is 0 Å². The van der Waals surface area contributed by atoms with Crippen LogP contribution in [0.5, 0.6) is 0 Å². The van der Waals surface area contributed by atoms with Gasteiger partial charge in [0.05, 0.1) is 12.2 Å². The Kier molecular flexibility index (Phi) is 5.65. The number of nitrogen functional groups attached to an aromatic ring is 1. The van der Waals surface area contributed by atoms with Crippen molar-refractivity contribution in [2.75, 3.05) is 12.3 Å². The maximum Gasteiger partial charge on any atom is 0.261 e. The molecule has 3 aromatic rings. The molecule has 134 valence electrons. The topological polar surface area (TPSA) is 77.2 Å². The van der Waals surface area contributed by atoms with Crippen molar-refractivity contribution in [2.45, 2.75) is 19.1 Å². The average Bonchev–Trinajstić information content (AvgIpc) is 3.11. The fourth-order valence-corrected chi connectivity index (χ4v) is 3.49. The third-order valence-electron chi connectivity index (χ3n) is 4.04. The average molecular weight is 367 g/mol. The molecule has 0 saturated heterocycles. The highest BCUT2D eigenvalue weighted by atomic mass is 32.1. The largest absolute Gasteiger partial charge is 0.375 e. The van der Waals surface area contributed by atoms with Gasteiger partial charge in [0.2, 0.25) is 0 Å². The molecular formula is C20H21N3O2S. The summed E-state index contributed by atoms with van der Waals surface area (Å²) in [6.45, 7) is 2.57. The Bertz CT molecular complexity index is 810. The first-order valence-electron chi connectivity index (χ1n) is 8.40. The van der Waals surface area contributed by atoms with Gasteiger partial charge in [-0.15, -0.1) is 11.3 Å². The van der Waals surface area contributed by atoms with E-state index in [0.29, 0.717) is 18.3 Å². The van der Waals surface area contributed by atoms with E-state index < -0.39 is 5.60 Å². The molecule has 1 aromatic heterocycles. The lowest BCUT2D eigenvalue weighted by molar-refractivity contribution is -0.142. The highest BCUT2D eigenvalue weighted by Crippen LogP contribution is 2.34. The van der Waals surface area contributed by atoms with Gasteiger partial charge < -0.3 is 15.8 Å². The Morgan fingerprint density at radius 2 is 1.69 bits per heavy atom. The molecule has 3 rings (SSSR count). The van der Waals surface area contributed by atoms with Gasteiger partial charge in [-0.1, -0.05) is 60.7 Å². The lowest BCUT2D eigenvalue weighted by atomic mass is 9.85. The van der Waals surface area contributed by atoms with Crippen molar-refractivity contribution in [3.05, 3.63) is 82.9 Å². The minimum atomic E-state index is -1.22. The summed E-state index contributed by atoms with van der Waals surface area (Å²) in [5.74, 6) is -0.233. The van der Waals surface area contributed by atoms with Crippen LogP contribution in [-0.2, 0) is 21.7 Å². The van der Waals surface area contributed by atoms with Gasteiger partial charge in [-0.05, 0) is 18.1 Å². The van der Waals surface area contributed by atoms with Crippen molar-refractivity contribution in [3.63, 3.8) is 0 Å². The summed E-state index contributed by atoms with van der Waals surface area (Å²) >= 11 is 1.35. The number of carbonyl (C=O) groups excluding carboxylic acids is 1. The first-order valence-corrected chi connectivity index (χ1v) is 9.28.